The van der Waals surface area contributed by atoms with Gasteiger partial charge in [-0.05, 0) is 47.5 Å². The second kappa shape index (κ2) is 7.47. The largest absolute Gasteiger partial charge is 0.457 e. The average Bonchev–Trinajstić information content (AvgIpc) is 2.62. The van der Waals surface area contributed by atoms with Crippen LogP contribution < -0.4 is 10.1 Å². The Morgan fingerprint density at radius 3 is 2.00 bits per heavy atom. The summed E-state index contributed by atoms with van der Waals surface area (Å²) in [5, 5.41) is 12.7. The van der Waals surface area contributed by atoms with E-state index in [-0.39, 0.29) is 6.61 Å². The fourth-order valence-electron chi connectivity index (χ4n) is 2.35. The smallest absolute Gasteiger partial charge is 0.127 e. The molecule has 0 aromatic heterocycles. The number of aliphatic hydroxyl groups excluding tert-OH is 1. The maximum absolute atomic E-state index is 9.35. The van der Waals surface area contributed by atoms with Crippen molar-refractivity contribution in [3.8, 4) is 11.5 Å². The van der Waals surface area contributed by atoms with Crippen LogP contribution in [0, 0.1) is 0 Å². The van der Waals surface area contributed by atoms with Crippen molar-refractivity contribution in [2.45, 2.75) is 13.2 Å². The third-order valence-electron chi connectivity index (χ3n) is 3.60. The van der Waals surface area contributed by atoms with E-state index in [1.807, 2.05) is 78.9 Å². The summed E-state index contributed by atoms with van der Waals surface area (Å²) in [5.41, 5.74) is 3.06. The lowest BCUT2D eigenvalue weighted by molar-refractivity contribution is 0.280. The van der Waals surface area contributed by atoms with Crippen LogP contribution in [-0.4, -0.2) is 5.11 Å². The summed E-state index contributed by atoms with van der Waals surface area (Å²) in [5.74, 6) is 1.63. The van der Waals surface area contributed by atoms with Crippen LogP contribution in [0.4, 0.5) is 5.69 Å². The topological polar surface area (TPSA) is 41.5 Å². The van der Waals surface area contributed by atoms with E-state index in [4.69, 9.17) is 4.74 Å². The summed E-state index contributed by atoms with van der Waals surface area (Å²) >= 11 is 0. The number of anilines is 1. The number of benzene rings is 3. The molecule has 0 spiro atoms. The highest BCUT2D eigenvalue weighted by molar-refractivity contribution is 5.48. The van der Waals surface area contributed by atoms with Gasteiger partial charge in [0.2, 0.25) is 0 Å². The predicted molar refractivity (Wildman–Crippen MR) is 92.6 cm³/mol. The minimum atomic E-state index is 0.0572. The van der Waals surface area contributed by atoms with Crippen LogP contribution >= 0.6 is 0 Å². The normalized spacial score (nSPS) is 10.3. The van der Waals surface area contributed by atoms with Crippen LogP contribution in [0.25, 0.3) is 0 Å². The molecule has 0 atom stereocenters. The van der Waals surface area contributed by atoms with Crippen LogP contribution in [0.15, 0.2) is 78.9 Å². The minimum Gasteiger partial charge on any atom is -0.457 e. The predicted octanol–water partition coefficient (Wildman–Crippen LogP) is 4.58. The standard InChI is InChI=1S/C20H19NO2/c22-15-17-7-5-4-6-16(17)14-21-18-10-12-20(13-11-18)23-19-8-2-1-3-9-19/h1-13,21-22H,14-15H2. The van der Waals surface area contributed by atoms with Gasteiger partial charge >= 0.3 is 0 Å². The number of nitrogens with one attached hydrogen (secondary N) is 1. The Morgan fingerprint density at radius 1 is 0.696 bits per heavy atom. The number of rotatable bonds is 6. The molecule has 116 valence electrons. The van der Waals surface area contributed by atoms with Crippen LogP contribution in [0.3, 0.4) is 0 Å². The molecular weight excluding hydrogens is 286 g/mol. The summed E-state index contributed by atoms with van der Waals surface area (Å²) in [6.07, 6.45) is 0. The number of aliphatic hydroxyl groups is 1. The molecule has 0 saturated heterocycles. The molecule has 3 heteroatoms. The van der Waals surface area contributed by atoms with Gasteiger partial charge in [-0.3, -0.25) is 0 Å². The summed E-state index contributed by atoms with van der Waals surface area (Å²) < 4.78 is 5.77. The van der Waals surface area contributed by atoms with Crippen molar-refractivity contribution in [2.24, 2.45) is 0 Å². The van der Waals surface area contributed by atoms with Gasteiger partial charge in [-0.2, -0.15) is 0 Å². The summed E-state index contributed by atoms with van der Waals surface area (Å²) in [4.78, 5) is 0. The second-order valence-corrected chi connectivity index (χ2v) is 5.22. The SMILES string of the molecule is OCc1ccccc1CNc1ccc(Oc2ccccc2)cc1. The first-order valence-electron chi connectivity index (χ1n) is 7.59. The van der Waals surface area contributed by atoms with Gasteiger partial charge in [-0.15, -0.1) is 0 Å². The first-order chi connectivity index (χ1) is 11.3. The summed E-state index contributed by atoms with van der Waals surface area (Å²) in [7, 11) is 0. The van der Waals surface area contributed by atoms with E-state index in [1.165, 1.54) is 0 Å². The Morgan fingerprint density at radius 2 is 1.30 bits per heavy atom. The molecule has 0 unspecified atom stereocenters. The van der Waals surface area contributed by atoms with Gasteiger partial charge in [-0.25, -0.2) is 0 Å². The first-order valence-corrected chi connectivity index (χ1v) is 7.59. The van der Waals surface area contributed by atoms with Crippen molar-refractivity contribution >= 4 is 5.69 Å². The lowest BCUT2D eigenvalue weighted by Gasteiger charge is -2.11. The molecule has 0 amide bonds. The van der Waals surface area contributed by atoms with Gasteiger partial charge in [0.1, 0.15) is 11.5 Å². The van der Waals surface area contributed by atoms with Crippen molar-refractivity contribution in [2.75, 3.05) is 5.32 Å². The number of para-hydroxylation sites is 1. The molecule has 0 saturated carbocycles. The second-order valence-electron chi connectivity index (χ2n) is 5.22. The molecule has 3 rings (SSSR count). The third-order valence-corrected chi connectivity index (χ3v) is 3.60. The lowest BCUT2D eigenvalue weighted by atomic mass is 10.1. The minimum absolute atomic E-state index is 0.0572. The number of ether oxygens (including phenoxy) is 1. The van der Waals surface area contributed by atoms with Gasteiger partial charge in [0.25, 0.3) is 0 Å². The third kappa shape index (κ3) is 4.11. The fourth-order valence-corrected chi connectivity index (χ4v) is 2.35. The molecule has 0 aliphatic rings. The van der Waals surface area contributed by atoms with E-state index in [0.717, 1.165) is 28.3 Å². The van der Waals surface area contributed by atoms with Crippen molar-refractivity contribution in [1.82, 2.24) is 0 Å². The zero-order valence-corrected chi connectivity index (χ0v) is 12.8. The van der Waals surface area contributed by atoms with Crippen molar-refractivity contribution in [1.29, 1.82) is 0 Å². The van der Waals surface area contributed by atoms with Crippen molar-refractivity contribution < 1.29 is 9.84 Å². The molecule has 23 heavy (non-hydrogen) atoms. The maximum Gasteiger partial charge on any atom is 0.127 e. The zero-order chi connectivity index (χ0) is 15.9. The maximum atomic E-state index is 9.35. The highest BCUT2D eigenvalue weighted by Crippen LogP contribution is 2.23. The lowest BCUT2D eigenvalue weighted by Crippen LogP contribution is -2.02. The quantitative estimate of drug-likeness (QED) is 0.700. The molecule has 2 N–H and O–H groups in total. The molecule has 3 nitrogen and oxygen atoms in total. The number of hydrogen-bond donors (Lipinski definition) is 2. The Kier molecular flexibility index (Phi) is 4.92. The Bertz CT molecular complexity index is 739. The van der Waals surface area contributed by atoms with Gasteiger partial charge < -0.3 is 15.2 Å². The Labute approximate surface area is 136 Å². The van der Waals surface area contributed by atoms with Gasteiger partial charge in [0.15, 0.2) is 0 Å². The van der Waals surface area contributed by atoms with E-state index >= 15 is 0 Å². The summed E-state index contributed by atoms with van der Waals surface area (Å²) in [6, 6.07) is 25.4. The molecule has 3 aromatic rings. The van der Waals surface area contributed by atoms with E-state index in [1.54, 1.807) is 0 Å². The highest BCUT2D eigenvalue weighted by Gasteiger charge is 2.01. The van der Waals surface area contributed by atoms with Crippen LogP contribution in [0.5, 0.6) is 11.5 Å². The monoisotopic (exact) mass is 305 g/mol. The van der Waals surface area contributed by atoms with Crippen LogP contribution in [-0.2, 0) is 13.2 Å². The first kappa shape index (κ1) is 15.1. The van der Waals surface area contributed by atoms with Gasteiger partial charge in [0, 0.05) is 12.2 Å². The molecule has 0 radical (unpaired) electrons. The van der Waals surface area contributed by atoms with Crippen LogP contribution in [0.1, 0.15) is 11.1 Å². The molecule has 3 aromatic carbocycles. The summed E-state index contributed by atoms with van der Waals surface area (Å²) in [6.45, 7) is 0.733. The average molecular weight is 305 g/mol. The van der Waals surface area contributed by atoms with E-state index < -0.39 is 0 Å². The van der Waals surface area contributed by atoms with Gasteiger partial charge in [-0.1, -0.05) is 42.5 Å². The van der Waals surface area contributed by atoms with Gasteiger partial charge in [0.05, 0.1) is 6.61 Å². The molecule has 0 aliphatic heterocycles. The van der Waals surface area contributed by atoms with E-state index in [9.17, 15) is 5.11 Å². The zero-order valence-electron chi connectivity index (χ0n) is 12.8. The Hall–Kier alpha value is -2.78. The number of hydrogen-bond acceptors (Lipinski definition) is 3. The molecule has 0 heterocycles. The molecular formula is C20H19NO2. The molecule has 0 fully saturated rings. The van der Waals surface area contributed by atoms with Crippen molar-refractivity contribution in [3.05, 3.63) is 90.0 Å². The van der Waals surface area contributed by atoms with Crippen molar-refractivity contribution in [3.63, 3.8) is 0 Å². The Balaban J connectivity index is 1.61. The fraction of sp³-hybridized carbons (Fsp3) is 0.100. The molecule has 0 aliphatic carbocycles. The van der Waals surface area contributed by atoms with E-state index in [2.05, 4.69) is 5.32 Å². The van der Waals surface area contributed by atoms with E-state index in [0.29, 0.717) is 6.54 Å². The van der Waals surface area contributed by atoms with Crippen LogP contribution in [0.2, 0.25) is 0 Å². The molecule has 0 bridgehead atoms. The highest BCUT2D eigenvalue weighted by atomic mass is 16.5.